The molecule has 1 heteroatoms. The van der Waals surface area contributed by atoms with Crippen LogP contribution in [0.3, 0.4) is 0 Å². The van der Waals surface area contributed by atoms with E-state index in [1.54, 1.807) is 0 Å². The van der Waals surface area contributed by atoms with Crippen LogP contribution in [0.4, 0.5) is 0 Å². The van der Waals surface area contributed by atoms with Gasteiger partial charge in [0.1, 0.15) is 5.75 Å². The number of aryl methyl sites for hydroxylation is 3. The van der Waals surface area contributed by atoms with Crippen LogP contribution in [0.15, 0.2) is 84.9 Å². The molecule has 28 heavy (non-hydrogen) atoms. The molecule has 4 aromatic carbocycles. The quantitative estimate of drug-likeness (QED) is 0.404. The second kappa shape index (κ2) is 7.36. The van der Waals surface area contributed by atoms with Crippen molar-refractivity contribution in [2.24, 2.45) is 0 Å². The Balaban J connectivity index is 2.16. The number of hydrogen-bond donors (Lipinski definition) is 1. The fourth-order valence-corrected chi connectivity index (χ4v) is 3.95. The van der Waals surface area contributed by atoms with Gasteiger partial charge in [-0.15, -0.1) is 0 Å². The van der Waals surface area contributed by atoms with E-state index in [4.69, 9.17) is 0 Å². The molecular formula is C27H24O. The molecule has 0 bridgehead atoms. The lowest BCUT2D eigenvalue weighted by atomic mass is 9.83. The zero-order valence-electron chi connectivity index (χ0n) is 16.5. The van der Waals surface area contributed by atoms with Gasteiger partial charge in [0.15, 0.2) is 0 Å². The fourth-order valence-electron chi connectivity index (χ4n) is 3.95. The van der Waals surface area contributed by atoms with Gasteiger partial charge in [-0.3, -0.25) is 0 Å². The maximum atomic E-state index is 11.0. The molecule has 0 spiro atoms. The molecule has 0 saturated carbocycles. The minimum Gasteiger partial charge on any atom is -0.507 e. The standard InChI is InChI=1S/C27H24O/c1-18-10-4-7-13-21(18)24-16-17-25(28)27(23-15-9-6-12-20(23)3)26(24)22-14-8-5-11-19(22)2/h4-17,28H,1-3H3. The highest BCUT2D eigenvalue weighted by atomic mass is 16.3. The molecule has 0 fully saturated rings. The van der Waals surface area contributed by atoms with E-state index in [1.807, 2.05) is 24.3 Å². The third kappa shape index (κ3) is 3.10. The van der Waals surface area contributed by atoms with Gasteiger partial charge in [-0.25, -0.2) is 0 Å². The summed E-state index contributed by atoms with van der Waals surface area (Å²) in [5.41, 5.74) is 10.1. The summed E-state index contributed by atoms with van der Waals surface area (Å²) in [6, 6.07) is 28.9. The summed E-state index contributed by atoms with van der Waals surface area (Å²) in [4.78, 5) is 0. The van der Waals surface area contributed by atoms with E-state index in [1.165, 1.54) is 16.7 Å². The molecular weight excluding hydrogens is 340 g/mol. The minimum atomic E-state index is 0.310. The predicted molar refractivity (Wildman–Crippen MR) is 119 cm³/mol. The molecule has 4 aromatic rings. The average molecular weight is 364 g/mol. The third-order valence-electron chi connectivity index (χ3n) is 5.45. The van der Waals surface area contributed by atoms with E-state index in [9.17, 15) is 5.11 Å². The van der Waals surface area contributed by atoms with Crippen molar-refractivity contribution in [3.05, 3.63) is 102 Å². The van der Waals surface area contributed by atoms with Gasteiger partial charge in [0.2, 0.25) is 0 Å². The van der Waals surface area contributed by atoms with Gasteiger partial charge in [-0.05, 0) is 65.8 Å². The zero-order chi connectivity index (χ0) is 19.7. The Kier molecular flexibility index (Phi) is 4.75. The zero-order valence-corrected chi connectivity index (χ0v) is 16.5. The van der Waals surface area contributed by atoms with Crippen molar-refractivity contribution in [1.82, 2.24) is 0 Å². The Bertz CT molecular complexity index is 1150. The Morgan fingerprint density at radius 2 is 0.857 bits per heavy atom. The second-order valence-electron chi connectivity index (χ2n) is 7.33. The highest BCUT2D eigenvalue weighted by molar-refractivity contribution is 5.99. The van der Waals surface area contributed by atoms with E-state index in [0.717, 1.165) is 33.4 Å². The van der Waals surface area contributed by atoms with Crippen LogP contribution in [0.1, 0.15) is 16.7 Å². The van der Waals surface area contributed by atoms with Gasteiger partial charge >= 0.3 is 0 Å². The average Bonchev–Trinajstić information content (AvgIpc) is 2.70. The van der Waals surface area contributed by atoms with Crippen LogP contribution in [0.25, 0.3) is 33.4 Å². The van der Waals surface area contributed by atoms with E-state index < -0.39 is 0 Å². The largest absolute Gasteiger partial charge is 0.507 e. The van der Waals surface area contributed by atoms with Crippen molar-refractivity contribution in [2.75, 3.05) is 0 Å². The van der Waals surface area contributed by atoms with Crippen molar-refractivity contribution in [2.45, 2.75) is 20.8 Å². The maximum Gasteiger partial charge on any atom is 0.124 e. The molecule has 0 atom stereocenters. The molecule has 0 radical (unpaired) electrons. The molecule has 4 rings (SSSR count). The lowest BCUT2D eigenvalue weighted by Gasteiger charge is -2.21. The van der Waals surface area contributed by atoms with Gasteiger partial charge in [0.25, 0.3) is 0 Å². The van der Waals surface area contributed by atoms with Gasteiger partial charge in [0.05, 0.1) is 0 Å². The summed E-state index contributed by atoms with van der Waals surface area (Å²) < 4.78 is 0. The summed E-state index contributed by atoms with van der Waals surface area (Å²) in [6.07, 6.45) is 0. The lowest BCUT2D eigenvalue weighted by Crippen LogP contribution is -1.95. The Labute approximate surface area is 166 Å². The Morgan fingerprint density at radius 3 is 1.36 bits per heavy atom. The number of hydrogen-bond acceptors (Lipinski definition) is 1. The normalized spacial score (nSPS) is 10.8. The van der Waals surface area contributed by atoms with E-state index in [0.29, 0.717) is 5.75 Å². The molecule has 0 aliphatic heterocycles. The Morgan fingerprint density at radius 1 is 0.429 bits per heavy atom. The first-order valence-electron chi connectivity index (χ1n) is 9.62. The molecule has 0 heterocycles. The summed E-state index contributed by atoms with van der Waals surface area (Å²) in [5.74, 6) is 0.310. The molecule has 0 aromatic heterocycles. The minimum absolute atomic E-state index is 0.310. The first-order chi connectivity index (χ1) is 13.6. The lowest BCUT2D eigenvalue weighted by molar-refractivity contribution is 0.477. The summed E-state index contributed by atoms with van der Waals surface area (Å²) >= 11 is 0. The molecule has 0 aliphatic carbocycles. The smallest absolute Gasteiger partial charge is 0.124 e. The monoisotopic (exact) mass is 364 g/mol. The molecule has 138 valence electrons. The van der Waals surface area contributed by atoms with Crippen molar-refractivity contribution in [1.29, 1.82) is 0 Å². The highest BCUT2D eigenvalue weighted by Gasteiger charge is 2.20. The van der Waals surface area contributed by atoms with E-state index in [-0.39, 0.29) is 0 Å². The van der Waals surface area contributed by atoms with Crippen LogP contribution in [-0.2, 0) is 0 Å². The van der Waals surface area contributed by atoms with Gasteiger partial charge in [-0.1, -0.05) is 78.9 Å². The molecule has 0 aliphatic rings. The molecule has 0 amide bonds. The fraction of sp³-hybridized carbons (Fsp3) is 0.111. The molecule has 1 N–H and O–H groups in total. The first-order valence-corrected chi connectivity index (χ1v) is 9.62. The molecule has 0 saturated heterocycles. The van der Waals surface area contributed by atoms with Crippen LogP contribution in [0.5, 0.6) is 5.75 Å². The molecule has 0 unspecified atom stereocenters. The second-order valence-corrected chi connectivity index (χ2v) is 7.33. The van der Waals surface area contributed by atoms with Gasteiger partial charge in [-0.2, -0.15) is 0 Å². The number of rotatable bonds is 3. The number of phenolic OH excluding ortho intramolecular Hbond substituents is 1. The van der Waals surface area contributed by atoms with E-state index >= 15 is 0 Å². The SMILES string of the molecule is Cc1ccccc1-c1ccc(O)c(-c2ccccc2C)c1-c1ccccc1C. The topological polar surface area (TPSA) is 20.2 Å². The number of benzene rings is 4. The summed E-state index contributed by atoms with van der Waals surface area (Å²) in [6.45, 7) is 6.36. The number of aromatic hydroxyl groups is 1. The first kappa shape index (κ1) is 18.1. The number of phenols is 1. The van der Waals surface area contributed by atoms with Crippen LogP contribution >= 0.6 is 0 Å². The summed E-state index contributed by atoms with van der Waals surface area (Å²) in [7, 11) is 0. The van der Waals surface area contributed by atoms with Gasteiger partial charge < -0.3 is 5.11 Å². The van der Waals surface area contributed by atoms with Crippen molar-refractivity contribution >= 4 is 0 Å². The third-order valence-corrected chi connectivity index (χ3v) is 5.45. The summed E-state index contributed by atoms with van der Waals surface area (Å²) in [5, 5.41) is 11.0. The van der Waals surface area contributed by atoms with Crippen LogP contribution < -0.4 is 0 Å². The van der Waals surface area contributed by atoms with Gasteiger partial charge in [0, 0.05) is 11.1 Å². The van der Waals surface area contributed by atoms with Crippen molar-refractivity contribution < 1.29 is 5.11 Å². The van der Waals surface area contributed by atoms with Crippen LogP contribution in [0, 0.1) is 20.8 Å². The van der Waals surface area contributed by atoms with Crippen LogP contribution in [-0.4, -0.2) is 5.11 Å². The van der Waals surface area contributed by atoms with Crippen molar-refractivity contribution in [3.63, 3.8) is 0 Å². The maximum absolute atomic E-state index is 11.0. The van der Waals surface area contributed by atoms with E-state index in [2.05, 4.69) is 81.4 Å². The highest BCUT2D eigenvalue weighted by Crippen LogP contribution is 2.46. The Hall–Kier alpha value is -3.32. The van der Waals surface area contributed by atoms with Crippen molar-refractivity contribution in [3.8, 4) is 39.1 Å². The predicted octanol–water partition coefficient (Wildman–Crippen LogP) is 7.32. The molecule has 1 nitrogen and oxygen atoms in total. The van der Waals surface area contributed by atoms with Crippen LogP contribution in [0.2, 0.25) is 0 Å².